The maximum absolute atomic E-state index is 13.8. The molecule has 0 radical (unpaired) electrons. The molecular formula is C17H14F2N2O2S. The van der Waals surface area contributed by atoms with Crippen molar-refractivity contribution in [2.75, 3.05) is 5.32 Å². The minimum Gasteiger partial charge on any atom is -0.337 e. The van der Waals surface area contributed by atoms with Crippen LogP contribution in [0.25, 0.3) is 4.91 Å². The molecular weight excluding hydrogens is 334 g/mol. The Labute approximate surface area is 138 Å². The number of nitrogens with zero attached hydrogens (tertiary/aromatic N) is 1. The molecule has 1 N–H and O–H groups in total. The second-order valence-electron chi connectivity index (χ2n) is 5.48. The number of halogens is 2. The smallest absolute Gasteiger partial charge is 0.285 e. The Hall–Kier alpha value is -2.54. The van der Waals surface area contributed by atoms with E-state index in [9.17, 15) is 17.2 Å². The Morgan fingerprint density at radius 3 is 2.29 bits per heavy atom. The molecule has 0 aliphatic carbocycles. The van der Waals surface area contributed by atoms with E-state index in [1.807, 2.05) is 6.92 Å². The largest absolute Gasteiger partial charge is 0.337 e. The summed E-state index contributed by atoms with van der Waals surface area (Å²) >= 11 is 0. The molecule has 7 heteroatoms. The van der Waals surface area contributed by atoms with Crippen molar-refractivity contribution in [1.29, 1.82) is 0 Å². The molecule has 1 heterocycles. The lowest BCUT2D eigenvalue weighted by Crippen LogP contribution is -2.12. The fraction of sp³-hybridized carbons (Fsp3) is 0.118. The Morgan fingerprint density at radius 2 is 1.67 bits per heavy atom. The quantitative estimate of drug-likeness (QED) is 0.897. The van der Waals surface area contributed by atoms with E-state index in [4.69, 9.17) is 0 Å². The van der Waals surface area contributed by atoms with Crippen LogP contribution < -0.4 is 5.32 Å². The summed E-state index contributed by atoms with van der Waals surface area (Å²) in [6.45, 7) is 3.49. The second kappa shape index (κ2) is 5.83. The van der Waals surface area contributed by atoms with Crippen molar-refractivity contribution in [2.24, 2.45) is 4.40 Å². The second-order valence-corrected chi connectivity index (χ2v) is 7.03. The number of hydrogen-bond donors (Lipinski definition) is 1. The van der Waals surface area contributed by atoms with Crippen molar-refractivity contribution in [3.05, 3.63) is 70.8 Å². The molecule has 0 saturated heterocycles. The Balaban J connectivity index is 2.02. The Morgan fingerprint density at radius 1 is 1.00 bits per heavy atom. The SMILES string of the molecule is CC1=C(c2ccc(C)cc2)S(=O)(=O)N=C1Nc1ccc(F)cc1F. The summed E-state index contributed by atoms with van der Waals surface area (Å²) in [5, 5.41) is 2.62. The first-order valence-corrected chi connectivity index (χ1v) is 8.57. The highest BCUT2D eigenvalue weighted by Gasteiger charge is 2.31. The van der Waals surface area contributed by atoms with Gasteiger partial charge < -0.3 is 5.32 Å². The van der Waals surface area contributed by atoms with Crippen LogP contribution in [-0.2, 0) is 10.0 Å². The first-order chi connectivity index (χ1) is 11.3. The third-order valence-electron chi connectivity index (χ3n) is 3.66. The molecule has 0 atom stereocenters. The fourth-order valence-electron chi connectivity index (χ4n) is 2.44. The van der Waals surface area contributed by atoms with Crippen molar-refractivity contribution in [3.63, 3.8) is 0 Å². The summed E-state index contributed by atoms with van der Waals surface area (Å²) in [7, 11) is -3.88. The maximum Gasteiger partial charge on any atom is 0.285 e. The van der Waals surface area contributed by atoms with Gasteiger partial charge in [0.1, 0.15) is 22.4 Å². The number of anilines is 1. The molecule has 24 heavy (non-hydrogen) atoms. The zero-order chi connectivity index (χ0) is 17.5. The van der Waals surface area contributed by atoms with Gasteiger partial charge in [-0.2, -0.15) is 8.42 Å². The van der Waals surface area contributed by atoms with E-state index in [1.165, 1.54) is 6.07 Å². The zero-order valence-electron chi connectivity index (χ0n) is 13.0. The van der Waals surface area contributed by atoms with Crippen LogP contribution in [0.1, 0.15) is 18.1 Å². The molecule has 124 valence electrons. The number of amidine groups is 1. The topological polar surface area (TPSA) is 58.5 Å². The summed E-state index contributed by atoms with van der Waals surface area (Å²) in [5.41, 5.74) is 1.84. The van der Waals surface area contributed by atoms with Crippen LogP contribution in [0.5, 0.6) is 0 Å². The van der Waals surface area contributed by atoms with Crippen LogP contribution in [0, 0.1) is 18.6 Å². The van der Waals surface area contributed by atoms with E-state index in [1.54, 1.807) is 31.2 Å². The van der Waals surface area contributed by atoms with Crippen molar-refractivity contribution >= 4 is 26.5 Å². The lowest BCUT2D eigenvalue weighted by atomic mass is 10.1. The molecule has 0 amide bonds. The van der Waals surface area contributed by atoms with Crippen LogP contribution in [0.3, 0.4) is 0 Å². The highest BCUT2D eigenvalue weighted by Crippen LogP contribution is 2.33. The number of aryl methyl sites for hydroxylation is 1. The van der Waals surface area contributed by atoms with Gasteiger partial charge >= 0.3 is 0 Å². The van der Waals surface area contributed by atoms with Gasteiger partial charge in [0.2, 0.25) is 0 Å². The predicted octanol–water partition coefficient (Wildman–Crippen LogP) is 3.86. The number of benzene rings is 2. The molecule has 0 spiro atoms. The predicted molar refractivity (Wildman–Crippen MR) is 90.1 cm³/mol. The summed E-state index contributed by atoms with van der Waals surface area (Å²) in [6, 6.07) is 9.98. The third kappa shape index (κ3) is 2.94. The van der Waals surface area contributed by atoms with Crippen LogP contribution in [0.15, 0.2) is 52.4 Å². The normalized spacial score (nSPS) is 16.2. The van der Waals surface area contributed by atoms with Gasteiger partial charge in [0.25, 0.3) is 10.0 Å². The van der Waals surface area contributed by atoms with E-state index in [0.717, 1.165) is 11.6 Å². The first kappa shape index (κ1) is 16.3. The lowest BCUT2D eigenvalue weighted by Gasteiger charge is -2.08. The van der Waals surface area contributed by atoms with Crippen LogP contribution in [-0.4, -0.2) is 14.3 Å². The van der Waals surface area contributed by atoms with E-state index in [0.29, 0.717) is 17.2 Å². The molecule has 1 aliphatic heterocycles. The van der Waals surface area contributed by atoms with Crippen molar-refractivity contribution in [3.8, 4) is 0 Å². The van der Waals surface area contributed by atoms with Gasteiger partial charge in [-0.3, -0.25) is 0 Å². The van der Waals surface area contributed by atoms with Crippen molar-refractivity contribution < 1.29 is 17.2 Å². The summed E-state index contributed by atoms with van der Waals surface area (Å²) in [5.74, 6) is -1.52. The standard InChI is InChI=1S/C17H14F2N2O2S/c1-10-3-5-12(6-4-10)16-11(2)17(21-24(16,22)23)20-15-8-7-13(18)9-14(15)19/h3-9H,1-2H3,(H,20,21). The van der Waals surface area contributed by atoms with Gasteiger partial charge in [-0.15, -0.1) is 4.40 Å². The summed E-state index contributed by atoms with van der Waals surface area (Å²) < 4.78 is 55.1. The summed E-state index contributed by atoms with van der Waals surface area (Å²) in [4.78, 5) is 0.0764. The van der Waals surface area contributed by atoms with E-state index < -0.39 is 21.7 Å². The minimum atomic E-state index is -3.88. The van der Waals surface area contributed by atoms with E-state index in [-0.39, 0.29) is 16.4 Å². The zero-order valence-corrected chi connectivity index (χ0v) is 13.8. The third-order valence-corrected chi connectivity index (χ3v) is 5.14. The van der Waals surface area contributed by atoms with Crippen molar-refractivity contribution in [1.82, 2.24) is 0 Å². The number of hydrogen-bond acceptors (Lipinski definition) is 3. The van der Waals surface area contributed by atoms with Crippen LogP contribution in [0.4, 0.5) is 14.5 Å². The van der Waals surface area contributed by atoms with Crippen LogP contribution in [0.2, 0.25) is 0 Å². The average molecular weight is 348 g/mol. The van der Waals surface area contributed by atoms with Crippen molar-refractivity contribution in [2.45, 2.75) is 13.8 Å². The highest BCUT2D eigenvalue weighted by atomic mass is 32.2. The monoisotopic (exact) mass is 348 g/mol. The number of rotatable bonds is 2. The molecule has 0 unspecified atom stereocenters. The first-order valence-electron chi connectivity index (χ1n) is 7.13. The maximum atomic E-state index is 13.8. The Kier molecular flexibility index (Phi) is 3.96. The average Bonchev–Trinajstić information content (AvgIpc) is 2.73. The van der Waals surface area contributed by atoms with E-state index in [2.05, 4.69) is 9.71 Å². The van der Waals surface area contributed by atoms with E-state index >= 15 is 0 Å². The molecule has 0 saturated carbocycles. The molecule has 2 aromatic carbocycles. The molecule has 0 fully saturated rings. The van der Waals surface area contributed by atoms with Gasteiger partial charge in [-0.1, -0.05) is 29.8 Å². The molecule has 0 aromatic heterocycles. The number of sulfonamides is 1. The molecule has 0 bridgehead atoms. The van der Waals surface area contributed by atoms with Gasteiger partial charge in [0.05, 0.1) is 5.69 Å². The van der Waals surface area contributed by atoms with Gasteiger partial charge in [-0.05, 0) is 31.5 Å². The molecule has 4 nitrogen and oxygen atoms in total. The minimum absolute atomic E-state index is 0.0242. The Bertz CT molecular complexity index is 978. The van der Waals surface area contributed by atoms with Crippen LogP contribution >= 0.6 is 0 Å². The highest BCUT2D eigenvalue weighted by molar-refractivity contribution is 8.00. The summed E-state index contributed by atoms with van der Waals surface area (Å²) in [6.07, 6.45) is 0. The van der Waals surface area contributed by atoms with Gasteiger partial charge in [0, 0.05) is 11.6 Å². The molecule has 3 rings (SSSR count). The lowest BCUT2D eigenvalue weighted by molar-refractivity contribution is 0.586. The van der Waals surface area contributed by atoms with Gasteiger partial charge in [-0.25, -0.2) is 8.78 Å². The number of nitrogens with one attached hydrogen (secondary N) is 1. The fourth-order valence-corrected chi connectivity index (χ4v) is 3.87. The van der Waals surface area contributed by atoms with Gasteiger partial charge in [0.15, 0.2) is 0 Å². The molecule has 1 aliphatic rings. The molecule has 2 aromatic rings.